The molecule has 0 unspecified atom stereocenters. The van der Waals surface area contributed by atoms with E-state index in [4.69, 9.17) is 9.29 Å². The molecule has 2 aromatic rings. The molecule has 1 N–H and O–H groups in total. The average Bonchev–Trinajstić information content (AvgIpc) is 2.69. The van der Waals surface area contributed by atoms with Crippen LogP contribution in [0.5, 0.6) is 10.8 Å². The molecule has 2 rings (SSSR count). The maximum atomic E-state index is 9.19. The van der Waals surface area contributed by atoms with Gasteiger partial charge in [-0.2, -0.15) is 8.42 Å². The summed E-state index contributed by atoms with van der Waals surface area (Å²) in [5.74, 6) is 0.778. The normalized spacial score (nSPS) is 10.2. The quantitative estimate of drug-likeness (QED) is 0.850. The fourth-order valence-electron chi connectivity index (χ4n) is 0.845. The highest BCUT2D eigenvalue weighted by molar-refractivity contribution is 7.85. The second-order valence-corrected chi connectivity index (χ2v) is 5.33. The lowest BCUT2D eigenvalue weighted by Gasteiger charge is -1.99. The van der Waals surface area contributed by atoms with Crippen molar-refractivity contribution in [1.82, 2.24) is 4.98 Å². The first-order chi connectivity index (χ1) is 7.95. The molecule has 0 aliphatic carbocycles. The molecule has 7 heteroatoms. The van der Waals surface area contributed by atoms with Crippen molar-refractivity contribution in [1.29, 1.82) is 0 Å². The van der Waals surface area contributed by atoms with Gasteiger partial charge >= 0.3 is 0 Å². The Kier molecular flexibility index (Phi) is 5.08. The highest BCUT2D eigenvalue weighted by Gasteiger charge is 1.95. The largest absolute Gasteiger partial charge is 0.445 e. The lowest BCUT2D eigenvalue weighted by Crippen LogP contribution is -1.88. The molecule has 92 valence electrons. The van der Waals surface area contributed by atoms with Crippen LogP contribution >= 0.6 is 11.3 Å². The number of hydrogen-bond donors (Lipinski definition) is 1. The molecule has 5 nitrogen and oxygen atoms in total. The third-order valence-electron chi connectivity index (χ3n) is 1.35. The van der Waals surface area contributed by atoms with E-state index in [1.54, 1.807) is 23.7 Å². The first kappa shape index (κ1) is 13.6. The van der Waals surface area contributed by atoms with Crippen LogP contribution in [0.15, 0.2) is 42.0 Å². The van der Waals surface area contributed by atoms with Gasteiger partial charge in [0.25, 0.3) is 10.1 Å². The Balaban J connectivity index is 0.000000249. The topological polar surface area (TPSA) is 76.5 Å². The van der Waals surface area contributed by atoms with E-state index in [2.05, 4.69) is 4.98 Å². The summed E-state index contributed by atoms with van der Waals surface area (Å²) in [6.07, 6.45) is 4.13. The van der Waals surface area contributed by atoms with E-state index in [9.17, 15) is 8.42 Å². The van der Waals surface area contributed by atoms with Gasteiger partial charge in [-0.3, -0.25) is 9.54 Å². The number of aromatic nitrogens is 1. The van der Waals surface area contributed by atoms with Crippen molar-refractivity contribution < 1.29 is 17.7 Å². The number of rotatable bonds is 2. The zero-order valence-electron chi connectivity index (χ0n) is 8.98. The minimum absolute atomic E-state index is 0.715. The zero-order valence-corrected chi connectivity index (χ0v) is 10.6. The number of pyridine rings is 1. The van der Waals surface area contributed by atoms with E-state index < -0.39 is 10.1 Å². The van der Waals surface area contributed by atoms with Gasteiger partial charge in [0.1, 0.15) is 5.75 Å². The summed E-state index contributed by atoms with van der Waals surface area (Å²) in [7, 11) is -3.67. The molecule has 0 aromatic carbocycles. The lowest BCUT2D eigenvalue weighted by atomic mass is 10.5. The summed E-state index contributed by atoms with van der Waals surface area (Å²) in [6, 6.07) is 7.61. The summed E-state index contributed by atoms with van der Waals surface area (Å²) in [5.41, 5.74) is 0. The van der Waals surface area contributed by atoms with Crippen molar-refractivity contribution in [2.24, 2.45) is 0 Å². The first-order valence-corrected chi connectivity index (χ1v) is 7.22. The van der Waals surface area contributed by atoms with Crippen LogP contribution in [0.3, 0.4) is 0 Å². The van der Waals surface area contributed by atoms with Crippen molar-refractivity contribution in [3.8, 4) is 10.8 Å². The van der Waals surface area contributed by atoms with Crippen LogP contribution in [-0.2, 0) is 10.1 Å². The molecule has 0 atom stereocenters. The Morgan fingerprint density at radius 2 is 2.06 bits per heavy atom. The summed E-state index contributed by atoms with van der Waals surface area (Å²) < 4.78 is 31.3. The van der Waals surface area contributed by atoms with Gasteiger partial charge < -0.3 is 4.74 Å². The number of ether oxygens (including phenoxy) is 1. The van der Waals surface area contributed by atoms with E-state index >= 15 is 0 Å². The van der Waals surface area contributed by atoms with Crippen molar-refractivity contribution in [3.05, 3.63) is 42.0 Å². The Bertz CT molecular complexity index is 515. The Hall–Kier alpha value is -1.44. The molecule has 0 aliphatic rings. The maximum Gasteiger partial charge on any atom is 0.261 e. The van der Waals surface area contributed by atoms with Crippen LogP contribution in [0.4, 0.5) is 0 Å². The van der Waals surface area contributed by atoms with E-state index in [-0.39, 0.29) is 0 Å². The minimum Gasteiger partial charge on any atom is -0.445 e. The molecule has 0 spiro atoms. The highest BCUT2D eigenvalue weighted by Crippen LogP contribution is 2.24. The van der Waals surface area contributed by atoms with E-state index in [0.29, 0.717) is 6.26 Å². The number of hydrogen-bond acceptors (Lipinski definition) is 5. The molecule has 0 saturated carbocycles. The maximum absolute atomic E-state index is 9.19. The van der Waals surface area contributed by atoms with Crippen LogP contribution in [0.25, 0.3) is 0 Å². The molecule has 0 bridgehead atoms. The average molecular weight is 273 g/mol. The van der Waals surface area contributed by atoms with Crippen molar-refractivity contribution in [2.75, 3.05) is 6.26 Å². The fraction of sp³-hybridized carbons (Fsp3) is 0.100. The molecule has 0 fully saturated rings. The third-order valence-corrected chi connectivity index (χ3v) is 2.09. The van der Waals surface area contributed by atoms with Gasteiger partial charge in [0.15, 0.2) is 5.06 Å². The second-order valence-electron chi connectivity index (χ2n) is 2.96. The van der Waals surface area contributed by atoms with Gasteiger partial charge in [0.05, 0.1) is 12.5 Å². The minimum atomic E-state index is -3.67. The molecule has 0 radical (unpaired) electrons. The first-order valence-electron chi connectivity index (χ1n) is 4.49. The predicted molar refractivity (Wildman–Crippen MR) is 66.1 cm³/mol. The van der Waals surface area contributed by atoms with Gasteiger partial charge in [-0.25, -0.2) is 0 Å². The number of thiophene rings is 1. The molecule has 2 heterocycles. The standard InChI is InChI=1S/C9H7NOS.CH4O3S/c1-3-8(7-10-5-1)11-9-4-2-6-12-9;1-5(2,3)4/h1-7H;1H3,(H,2,3,4). The molecule has 0 saturated heterocycles. The van der Waals surface area contributed by atoms with Gasteiger partial charge in [0, 0.05) is 6.20 Å². The van der Waals surface area contributed by atoms with Crippen LogP contribution in [0.1, 0.15) is 0 Å². The Labute approximate surface area is 103 Å². The smallest absolute Gasteiger partial charge is 0.261 e. The monoisotopic (exact) mass is 273 g/mol. The molecule has 2 aromatic heterocycles. The lowest BCUT2D eigenvalue weighted by molar-refractivity contribution is 0.490. The van der Waals surface area contributed by atoms with Crippen molar-refractivity contribution in [3.63, 3.8) is 0 Å². The van der Waals surface area contributed by atoms with Crippen LogP contribution in [0, 0.1) is 0 Å². The summed E-state index contributed by atoms with van der Waals surface area (Å²) in [5, 5.41) is 2.87. The van der Waals surface area contributed by atoms with Crippen molar-refractivity contribution in [2.45, 2.75) is 0 Å². The molecule has 0 amide bonds. The van der Waals surface area contributed by atoms with E-state index in [1.807, 2.05) is 29.6 Å². The Morgan fingerprint density at radius 3 is 2.53 bits per heavy atom. The SMILES string of the molecule is CS(=O)(=O)O.c1cncc(Oc2cccs2)c1. The third kappa shape index (κ3) is 7.45. The number of nitrogens with zero attached hydrogens (tertiary/aromatic N) is 1. The van der Waals surface area contributed by atoms with Gasteiger partial charge in [-0.15, -0.1) is 11.3 Å². The summed E-state index contributed by atoms with van der Waals surface area (Å²) in [4.78, 5) is 3.94. The molecule has 17 heavy (non-hydrogen) atoms. The highest BCUT2D eigenvalue weighted by atomic mass is 32.2. The van der Waals surface area contributed by atoms with Crippen LogP contribution in [-0.4, -0.2) is 24.2 Å². The molecular weight excluding hydrogens is 262 g/mol. The van der Waals surface area contributed by atoms with Crippen LogP contribution in [0.2, 0.25) is 0 Å². The fourth-order valence-corrected chi connectivity index (χ4v) is 1.44. The Morgan fingerprint density at radius 1 is 1.35 bits per heavy atom. The van der Waals surface area contributed by atoms with Crippen LogP contribution < -0.4 is 4.74 Å². The molecular formula is C10H11NO4S2. The van der Waals surface area contributed by atoms with Gasteiger partial charge in [-0.1, -0.05) is 0 Å². The van der Waals surface area contributed by atoms with E-state index in [1.165, 1.54) is 0 Å². The van der Waals surface area contributed by atoms with E-state index in [0.717, 1.165) is 10.8 Å². The van der Waals surface area contributed by atoms with Gasteiger partial charge in [0.2, 0.25) is 0 Å². The van der Waals surface area contributed by atoms with Gasteiger partial charge in [-0.05, 0) is 29.6 Å². The summed E-state index contributed by atoms with van der Waals surface area (Å²) in [6.45, 7) is 0. The predicted octanol–water partition coefficient (Wildman–Crippen LogP) is 2.44. The molecule has 0 aliphatic heterocycles. The van der Waals surface area contributed by atoms with Crippen molar-refractivity contribution >= 4 is 21.5 Å². The summed E-state index contributed by atoms with van der Waals surface area (Å²) >= 11 is 1.57. The zero-order chi connectivity index (χ0) is 12.7. The second kappa shape index (κ2) is 6.33.